The Morgan fingerprint density at radius 2 is 1.90 bits per heavy atom. The van der Waals surface area contributed by atoms with Crippen molar-refractivity contribution in [1.82, 2.24) is 0 Å². The van der Waals surface area contributed by atoms with Crippen molar-refractivity contribution in [3.63, 3.8) is 0 Å². The lowest BCUT2D eigenvalue weighted by molar-refractivity contribution is 0.404. The maximum atomic E-state index is 13.6. The Morgan fingerprint density at radius 1 is 1.10 bits per heavy atom. The molecule has 20 heavy (non-hydrogen) atoms. The molecule has 0 spiro atoms. The molecule has 2 aromatic rings. The fraction of sp³-hybridized carbons (Fsp3) is 0.200. The summed E-state index contributed by atoms with van der Waals surface area (Å²) in [6, 6.07) is 9.84. The van der Waals surface area contributed by atoms with Crippen LogP contribution in [0.1, 0.15) is 5.56 Å². The Labute approximate surface area is 122 Å². The predicted molar refractivity (Wildman–Crippen MR) is 78.3 cm³/mol. The summed E-state index contributed by atoms with van der Waals surface area (Å²) in [6.07, 6.45) is 0. The topological polar surface area (TPSA) is 30.5 Å². The molecule has 0 aliphatic rings. The van der Waals surface area contributed by atoms with Crippen molar-refractivity contribution in [2.75, 3.05) is 19.5 Å². The number of benzene rings is 2. The van der Waals surface area contributed by atoms with Crippen LogP contribution >= 0.6 is 11.6 Å². The minimum absolute atomic E-state index is 0.302. The van der Waals surface area contributed by atoms with Crippen molar-refractivity contribution >= 4 is 17.3 Å². The van der Waals surface area contributed by atoms with Gasteiger partial charge in [-0.25, -0.2) is 4.39 Å². The van der Waals surface area contributed by atoms with E-state index in [-0.39, 0.29) is 5.82 Å². The van der Waals surface area contributed by atoms with E-state index in [1.54, 1.807) is 38.5 Å². The average molecular weight is 296 g/mol. The molecule has 106 valence electrons. The number of nitrogens with one attached hydrogen (secondary N) is 1. The fourth-order valence-electron chi connectivity index (χ4n) is 1.82. The summed E-state index contributed by atoms with van der Waals surface area (Å²) in [4.78, 5) is 0. The van der Waals surface area contributed by atoms with Crippen molar-refractivity contribution in [2.24, 2.45) is 0 Å². The smallest absolute Gasteiger partial charge is 0.142 e. The van der Waals surface area contributed by atoms with Gasteiger partial charge in [-0.15, -0.1) is 0 Å². The molecule has 0 aliphatic heterocycles. The van der Waals surface area contributed by atoms with Gasteiger partial charge in [-0.2, -0.15) is 0 Å². The third kappa shape index (κ3) is 3.33. The molecule has 0 radical (unpaired) electrons. The molecular formula is C15H15ClFNO2. The molecule has 2 rings (SSSR count). The van der Waals surface area contributed by atoms with Crippen LogP contribution in [0.3, 0.4) is 0 Å². The van der Waals surface area contributed by atoms with Gasteiger partial charge in [0.15, 0.2) is 0 Å². The van der Waals surface area contributed by atoms with Crippen LogP contribution in [-0.2, 0) is 6.54 Å². The first kappa shape index (κ1) is 14.5. The lowest BCUT2D eigenvalue weighted by Crippen LogP contribution is -2.03. The van der Waals surface area contributed by atoms with E-state index in [1.807, 2.05) is 0 Å². The van der Waals surface area contributed by atoms with E-state index >= 15 is 0 Å². The zero-order valence-corrected chi connectivity index (χ0v) is 12.0. The molecule has 1 N–H and O–H groups in total. The van der Waals surface area contributed by atoms with Crippen LogP contribution in [0.2, 0.25) is 5.02 Å². The molecular weight excluding hydrogens is 281 g/mol. The molecule has 3 nitrogen and oxygen atoms in total. The lowest BCUT2D eigenvalue weighted by Gasteiger charge is -2.13. The number of halogens is 2. The molecule has 0 unspecified atom stereocenters. The molecule has 0 heterocycles. The Hall–Kier alpha value is -1.94. The fourth-order valence-corrected chi connectivity index (χ4v) is 2.02. The molecule has 0 amide bonds. The van der Waals surface area contributed by atoms with Gasteiger partial charge in [-0.3, -0.25) is 0 Å². The van der Waals surface area contributed by atoms with Gasteiger partial charge in [-0.05, 0) is 30.3 Å². The van der Waals surface area contributed by atoms with Gasteiger partial charge in [0.25, 0.3) is 0 Å². The van der Waals surface area contributed by atoms with Crippen molar-refractivity contribution < 1.29 is 13.9 Å². The summed E-state index contributed by atoms with van der Waals surface area (Å²) >= 11 is 5.87. The number of hydrogen-bond donors (Lipinski definition) is 1. The summed E-state index contributed by atoms with van der Waals surface area (Å²) in [5.74, 6) is 1.05. The molecule has 0 fully saturated rings. The van der Waals surface area contributed by atoms with Crippen LogP contribution in [0.5, 0.6) is 11.5 Å². The van der Waals surface area contributed by atoms with Gasteiger partial charge < -0.3 is 14.8 Å². The Kier molecular flexibility index (Phi) is 4.69. The van der Waals surface area contributed by atoms with Crippen LogP contribution in [0.4, 0.5) is 10.1 Å². The standard InChI is InChI=1S/C15H15ClFNO2/c1-19-12-4-6-15(20-2)14(8-12)18-9-10-7-11(16)3-5-13(10)17/h3-8,18H,9H2,1-2H3. The highest BCUT2D eigenvalue weighted by Gasteiger charge is 2.07. The second-order valence-corrected chi connectivity index (χ2v) is 4.59. The van der Waals surface area contributed by atoms with Gasteiger partial charge >= 0.3 is 0 Å². The highest BCUT2D eigenvalue weighted by molar-refractivity contribution is 6.30. The second kappa shape index (κ2) is 6.48. The Bertz CT molecular complexity index is 604. The van der Waals surface area contributed by atoms with E-state index in [0.29, 0.717) is 28.6 Å². The van der Waals surface area contributed by atoms with Gasteiger partial charge in [-0.1, -0.05) is 11.6 Å². The average Bonchev–Trinajstić information content (AvgIpc) is 2.47. The number of hydrogen-bond acceptors (Lipinski definition) is 3. The van der Waals surface area contributed by atoms with Crippen LogP contribution in [0.15, 0.2) is 36.4 Å². The predicted octanol–water partition coefficient (Wildman–Crippen LogP) is 4.11. The Balaban J connectivity index is 2.19. The van der Waals surface area contributed by atoms with E-state index in [2.05, 4.69) is 5.32 Å². The zero-order chi connectivity index (χ0) is 14.5. The van der Waals surface area contributed by atoms with E-state index in [4.69, 9.17) is 21.1 Å². The molecule has 0 bridgehead atoms. The zero-order valence-electron chi connectivity index (χ0n) is 11.2. The largest absolute Gasteiger partial charge is 0.497 e. The van der Waals surface area contributed by atoms with Gasteiger partial charge in [0, 0.05) is 23.2 Å². The molecule has 0 atom stereocenters. The van der Waals surface area contributed by atoms with Crippen LogP contribution in [0, 0.1) is 5.82 Å². The first-order chi connectivity index (χ1) is 9.63. The van der Waals surface area contributed by atoms with Crippen LogP contribution in [0.25, 0.3) is 0 Å². The maximum Gasteiger partial charge on any atom is 0.142 e. The van der Waals surface area contributed by atoms with Gasteiger partial charge in [0.1, 0.15) is 17.3 Å². The first-order valence-corrected chi connectivity index (χ1v) is 6.41. The van der Waals surface area contributed by atoms with Crippen molar-refractivity contribution in [3.05, 3.63) is 52.8 Å². The maximum absolute atomic E-state index is 13.6. The van der Waals surface area contributed by atoms with E-state index in [1.165, 1.54) is 12.1 Å². The molecule has 2 aromatic carbocycles. The molecule has 0 saturated heterocycles. The highest BCUT2D eigenvalue weighted by atomic mass is 35.5. The van der Waals surface area contributed by atoms with E-state index in [9.17, 15) is 4.39 Å². The van der Waals surface area contributed by atoms with Gasteiger partial charge in [0.05, 0.1) is 19.9 Å². The first-order valence-electron chi connectivity index (χ1n) is 6.04. The molecule has 0 aliphatic carbocycles. The molecule has 5 heteroatoms. The molecule has 0 saturated carbocycles. The Morgan fingerprint density at radius 3 is 2.60 bits per heavy atom. The number of anilines is 1. The monoisotopic (exact) mass is 295 g/mol. The van der Waals surface area contributed by atoms with Crippen LogP contribution < -0.4 is 14.8 Å². The number of methoxy groups -OCH3 is 2. The lowest BCUT2D eigenvalue weighted by atomic mass is 10.2. The van der Waals surface area contributed by atoms with Crippen LogP contribution in [-0.4, -0.2) is 14.2 Å². The minimum Gasteiger partial charge on any atom is -0.497 e. The number of ether oxygens (including phenoxy) is 2. The summed E-state index contributed by atoms with van der Waals surface area (Å²) in [6.45, 7) is 0.302. The summed E-state index contributed by atoms with van der Waals surface area (Å²) in [5.41, 5.74) is 1.22. The van der Waals surface area contributed by atoms with Crippen molar-refractivity contribution in [1.29, 1.82) is 0 Å². The third-order valence-corrected chi connectivity index (χ3v) is 3.12. The van der Waals surface area contributed by atoms with Gasteiger partial charge in [0.2, 0.25) is 0 Å². The quantitative estimate of drug-likeness (QED) is 0.900. The summed E-state index contributed by atoms with van der Waals surface area (Å²) < 4.78 is 24.1. The summed E-state index contributed by atoms with van der Waals surface area (Å²) in [5, 5.41) is 3.62. The van der Waals surface area contributed by atoms with E-state index < -0.39 is 0 Å². The minimum atomic E-state index is -0.302. The molecule has 0 aromatic heterocycles. The third-order valence-electron chi connectivity index (χ3n) is 2.88. The SMILES string of the molecule is COc1ccc(OC)c(NCc2cc(Cl)ccc2F)c1. The van der Waals surface area contributed by atoms with Crippen molar-refractivity contribution in [2.45, 2.75) is 6.54 Å². The van der Waals surface area contributed by atoms with Crippen molar-refractivity contribution in [3.8, 4) is 11.5 Å². The van der Waals surface area contributed by atoms with E-state index in [0.717, 1.165) is 5.69 Å². The summed E-state index contributed by atoms with van der Waals surface area (Å²) in [7, 11) is 3.16. The highest BCUT2D eigenvalue weighted by Crippen LogP contribution is 2.29. The second-order valence-electron chi connectivity index (χ2n) is 4.16. The number of rotatable bonds is 5. The normalized spacial score (nSPS) is 10.2.